The molecular formula is C13H18BrFO3Si. The van der Waals surface area contributed by atoms with Gasteiger partial charge in [-0.25, -0.2) is 9.18 Å². The molecular weight excluding hydrogens is 331 g/mol. The van der Waals surface area contributed by atoms with Crippen LogP contribution in [0.4, 0.5) is 4.39 Å². The Balaban J connectivity index is 3.32. The second-order valence-electron chi connectivity index (χ2n) is 5.93. The van der Waals surface area contributed by atoms with Crippen LogP contribution in [0.1, 0.15) is 31.1 Å². The Morgan fingerprint density at radius 2 is 1.89 bits per heavy atom. The average molecular weight is 349 g/mol. The lowest BCUT2D eigenvalue weighted by atomic mass is 10.2. The summed E-state index contributed by atoms with van der Waals surface area (Å²) < 4.78 is 19.6. The fourth-order valence-electron chi connectivity index (χ4n) is 1.23. The van der Waals surface area contributed by atoms with Crippen LogP contribution in [0.25, 0.3) is 0 Å². The predicted molar refractivity (Wildman–Crippen MR) is 78.9 cm³/mol. The maximum atomic E-state index is 13.3. The smallest absolute Gasteiger partial charge is 0.339 e. The van der Waals surface area contributed by atoms with E-state index < -0.39 is 20.1 Å². The maximum Gasteiger partial charge on any atom is 0.339 e. The fourth-order valence-corrected chi connectivity index (χ4v) is 2.93. The van der Waals surface area contributed by atoms with Crippen molar-refractivity contribution in [1.82, 2.24) is 0 Å². The maximum absolute atomic E-state index is 13.3. The second kappa shape index (κ2) is 5.24. The average Bonchev–Trinajstić information content (AvgIpc) is 2.19. The fraction of sp³-hybridized carbons (Fsp3) is 0.462. The van der Waals surface area contributed by atoms with Crippen molar-refractivity contribution >= 4 is 30.2 Å². The van der Waals surface area contributed by atoms with E-state index in [1.54, 1.807) is 0 Å². The number of aromatic carboxylic acids is 1. The van der Waals surface area contributed by atoms with E-state index in [0.717, 1.165) is 6.07 Å². The van der Waals surface area contributed by atoms with Crippen molar-refractivity contribution in [3.8, 4) is 5.75 Å². The first-order valence-corrected chi connectivity index (χ1v) is 9.57. The van der Waals surface area contributed by atoms with Gasteiger partial charge < -0.3 is 9.53 Å². The van der Waals surface area contributed by atoms with E-state index in [-0.39, 0.29) is 16.4 Å². The molecule has 0 unspecified atom stereocenters. The van der Waals surface area contributed by atoms with Crippen molar-refractivity contribution in [1.29, 1.82) is 0 Å². The normalized spacial score (nSPS) is 12.4. The number of carboxylic acid groups (broad SMARTS) is 1. The molecule has 0 radical (unpaired) electrons. The quantitative estimate of drug-likeness (QED) is 0.807. The molecule has 0 aliphatic heterocycles. The number of hydrogen-bond donors (Lipinski definition) is 1. The summed E-state index contributed by atoms with van der Waals surface area (Å²) in [4.78, 5) is 11.2. The van der Waals surface area contributed by atoms with Gasteiger partial charge in [0.1, 0.15) is 17.1 Å². The molecule has 0 aliphatic rings. The summed E-state index contributed by atoms with van der Waals surface area (Å²) >= 11 is 3.18. The van der Waals surface area contributed by atoms with E-state index in [0.29, 0.717) is 4.47 Å². The summed E-state index contributed by atoms with van der Waals surface area (Å²) in [5, 5.41) is 9.09. The molecule has 6 heteroatoms. The standard InChI is InChI=1S/C13H18BrFO3Si/c1-13(2,3)19(4,5)18-11-9(12(16)17)6-8(15)7-10(11)14/h6-7H,1-5H3,(H,16,17). The summed E-state index contributed by atoms with van der Waals surface area (Å²) in [5.74, 6) is -1.60. The largest absolute Gasteiger partial charge is 0.542 e. The Morgan fingerprint density at radius 1 is 1.37 bits per heavy atom. The molecule has 1 N–H and O–H groups in total. The first-order chi connectivity index (χ1) is 8.45. The highest BCUT2D eigenvalue weighted by Crippen LogP contribution is 2.40. The van der Waals surface area contributed by atoms with Gasteiger partial charge in [0.15, 0.2) is 0 Å². The zero-order valence-corrected chi connectivity index (χ0v) is 14.3. The molecule has 3 nitrogen and oxygen atoms in total. The van der Waals surface area contributed by atoms with E-state index in [2.05, 4.69) is 36.7 Å². The van der Waals surface area contributed by atoms with Crippen LogP contribution in [0.3, 0.4) is 0 Å². The summed E-state index contributed by atoms with van der Waals surface area (Å²) in [6.45, 7) is 10.2. The molecule has 0 amide bonds. The monoisotopic (exact) mass is 348 g/mol. The highest BCUT2D eigenvalue weighted by atomic mass is 79.9. The van der Waals surface area contributed by atoms with Crippen molar-refractivity contribution in [2.75, 3.05) is 0 Å². The Kier molecular flexibility index (Phi) is 4.46. The van der Waals surface area contributed by atoms with Crippen LogP contribution in [-0.2, 0) is 0 Å². The van der Waals surface area contributed by atoms with Gasteiger partial charge in [0.2, 0.25) is 0 Å². The van der Waals surface area contributed by atoms with Crippen LogP contribution in [-0.4, -0.2) is 19.4 Å². The number of hydrogen-bond acceptors (Lipinski definition) is 2. The second-order valence-corrected chi connectivity index (χ2v) is 11.5. The minimum absolute atomic E-state index is 0.0728. The van der Waals surface area contributed by atoms with Gasteiger partial charge in [-0.15, -0.1) is 0 Å². The van der Waals surface area contributed by atoms with Gasteiger partial charge in [-0.3, -0.25) is 0 Å². The van der Waals surface area contributed by atoms with Crippen LogP contribution in [0, 0.1) is 5.82 Å². The van der Waals surface area contributed by atoms with Crippen LogP contribution >= 0.6 is 15.9 Å². The third kappa shape index (κ3) is 3.57. The Labute approximate surface area is 122 Å². The number of carbonyl (C=O) groups is 1. The van der Waals surface area contributed by atoms with E-state index in [9.17, 15) is 9.18 Å². The molecule has 0 fully saturated rings. The molecule has 0 aromatic heterocycles. The molecule has 0 atom stereocenters. The molecule has 1 aromatic carbocycles. The van der Waals surface area contributed by atoms with Crippen LogP contribution < -0.4 is 4.43 Å². The summed E-state index contributed by atoms with van der Waals surface area (Å²) in [6, 6.07) is 2.20. The van der Waals surface area contributed by atoms with Gasteiger partial charge in [0, 0.05) is 0 Å². The first kappa shape index (κ1) is 16.2. The van der Waals surface area contributed by atoms with E-state index in [4.69, 9.17) is 9.53 Å². The molecule has 1 rings (SSSR count). The van der Waals surface area contributed by atoms with Crippen LogP contribution in [0.5, 0.6) is 5.75 Å². The zero-order chi connectivity index (χ0) is 15.0. The molecule has 0 heterocycles. The van der Waals surface area contributed by atoms with E-state index in [1.165, 1.54) is 6.07 Å². The number of rotatable bonds is 3. The predicted octanol–water partition coefficient (Wildman–Crippen LogP) is 4.67. The number of benzene rings is 1. The SMILES string of the molecule is CC(C)(C)[Si](C)(C)Oc1c(Br)cc(F)cc1C(=O)O. The molecule has 1 aromatic rings. The number of halogens is 2. The van der Waals surface area contributed by atoms with Crippen molar-refractivity contribution in [2.45, 2.75) is 38.9 Å². The third-order valence-electron chi connectivity index (χ3n) is 3.40. The van der Waals surface area contributed by atoms with Gasteiger partial charge in [-0.1, -0.05) is 20.8 Å². The minimum atomic E-state index is -2.19. The first-order valence-electron chi connectivity index (χ1n) is 5.87. The zero-order valence-electron chi connectivity index (χ0n) is 11.7. The molecule has 0 saturated carbocycles. The van der Waals surface area contributed by atoms with Gasteiger partial charge in [-0.2, -0.15) is 0 Å². The minimum Gasteiger partial charge on any atom is -0.542 e. The van der Waals surface area contributed by atoms with Crippen LogP contribution in [0.2, 0.25) is 18.1 Å². The van der Waals surface area contributed by atoms with Gasteiger partial charge in [-0.05, 0) is 46.2 Å². The summed E-state index contributed by atoms with van der Waals surface area (Å²) in [6.07, 6.45) is 0. The molecule has 19 heavy (non-hydrogen) atoms. The van der Waals surface area contributed by atoms with E-state index >= 15 is 0 Å². The molecule has 0 saturated heterocycles. The van der Waals surface area contributed by atoms with Crippen molar-refractivity contribution in [2.24, 2.45) is 0 Å². The summed E-state index contributed by atoms with van der Waals surface area (Å²) in [5.41, 5.74) is -0.156. The van der Waals surface area contributed by atoms with Gasteiger partial charge in [0.25, 0.3) is 8.32 Å². The highest BCUT2D eigenvalue weighted by molar-refractivity contribution is 9.10. The molecule has 106 valence electrons. The van der Waals surface area contributed by atoms with E-state index in [1.807, 2.05) is 13.1 Å². The number of carboxylic acids is 1. The Bertz CT molecular complexity index is 509. The van der Waals surface area contributed by atoms with Crippen molar-refractivity contribution in [3.63, 3.8) is 0 Å². The summed E-state index contributed by atoms with van der Waals surface area (Å²) in [7, 11) is -2.19. The topological polar surface area (TPSA) is 46.5 Å². The van der Waals surface area contributed by atoms with Crippen molar-refractivity contribution in [3.05, 3.63) is 28.0 Å². The van der Waals surface area contributed by atoms with Crippen LogP contribution in [0.15, 0.2) is 16.6 Å². The molecule has 0 aliphatic carbocycles. The molecule has 0 spiro atoms. The van der Waals surface area contributed by atoms with Crippen molar-refractivity contribution < 1.29 is 18.7 Å². The van der Waals surface area contributed by atoms with Gasteiger partial charge in [0.05, 0.1) is 4.47 Å². The highest BCUT2D eigenvalue weighted by Gasteiger charge is 2.40. The Hall–Kier alpha value is -0.883. The lowest BCUT2D eigenvalue weighted by molar-refractivity contribution is 0.0694. The molecule has 0 bridgehead atoms. The lowest BCUT2D eigenvalue weighted by Gasteiger charge is -2.37. The lowest BCUT2D eigenvalue weighted by Crippen LogP contribution is -2.44. The third-order valence-corrected chi connectivity index (χ3v) is 8.32. The Morgan fingerprint density at radius 3 is 2.32 bits per heavy atom. The van der Waals surface area contributed by atoms with Gasteiger partial charge >= 0.3 is 5.97 Å².